The van der Waals surface area contributed by atoms with E-state index in [9.17, 15) is 4.79 Å². The maximum atomic E-state index is 11.9. The molecular weight excluding hydrogens is 176 g/mol. The van der Waals surface area contributed by atoms with Gasteiger partial charge in [0.2, 0.25) is 5.91 Å². The minimum absolute atomic E-state index is 0.152. The summed E-state index contributed by atoms with van der Waals surface area (Å²) in [6.45, 7) is 0.890. The maximum Gasteiger partial charge on any atom is 0.239 e. The summed E-state index contributed by atoms with van der Waals surface area (Å²) in [5.74, 6) is 0.152. The van der Waals surface area contributed by atoms with Crippen molar-refractivity contribution in [3.8, 4) is 0 Å². The fraction of sp³-hybridized carbons (Fsp3) is 0.727. The molecule has 2 N–H and O–H groups in total. The number of carbonyl (C=O) groups is 1. The van der Waals surface area contributed by atoms with Crippen LogP contribution in [-0.4, -0.2) is 29.4 Å². The third-order valence-electron chi connectivity index (χ3n) is 3.15. The predicted molar refractivity (Wildman–Crippen MR) is 55.7 cm³/mol. The highest BCUT2D eigenvalue weighted by atomic mass is 16.2. The van der Waals surface area contributed by atoms with Crippen molar-refractivity contribution < 1.29 is 4.79 Å². The average molecular weight is 194 g/mol. The first kappa shape index (κ1) is 9.71. The Morgan fingerprint density at radius 3 is 3.07 bits per heavy atom. The minimum atomic E-state index is -0.277. The van der Waals surface area contributed by atoms with Gasteiger partial charge in [-0.05, 0) is 32.1 Å². The van der Waals surface area contributed by atoms with Crippen LogP contribution >= 0.6 is 0 Å². The van der Waals surface area contributed by atoms with Gasteiger partial charge in [0, 0.05) is 6.54 Å². The van der Waals surface area contributed by atoms with E-state index in [1.54, 1.807) is 0 Å². The standard InChI is InChI=1S/C11H18N2O/c12-10-7-2-1-5-9-6-3-4-8-13(9)11(10)14/h1,5,9-10H,2-4,6-8,12H2/t9-,10-/m0/s1. The molecule has 2 aliphatic rings. The zero-order valence-electron chi connectivity index (χ0n) is 8.48. The Bertz CT molecular complexity index is 250. The van der Waals surface area contributed by atoms with Gasteiger partial charge < -0.3 is 10.6 Å². The second-order valence-corrected chi connectivity index (χ2v) is 4.21. The van der Waals surface area contributed by atoms with Gasteiger partial charge in [-0.3, -0.25) is 4.79 Å². The molecule has 3 heteroatoms. The van der Waals surface area contributed by atoms with Gasteiger partial charge in [0.25, 0.3) is 0 Å². The van der Waals surface area contributed by atoms with Crippen LogP contribution in [0.3, 0.4) is 0 Å². The van der Waals surface area contributed by atoms with Gasteiger partial charge in [-0.1, -0.05) is 12.2 Å². The van der Waals surface area contributed by atoms with Crippen molar-refractivity contribution in [2.45, 2.75) is 44.2 Å². The molecule has 0 aromatic carbocycles. The lowest BCUT2D eigenvalue weighted by Crippen LogP contribution is -2.50. The van der Waals surface area contributed by atoms with Crippen LogP contribution in [0.15, 0.2) is 12.2 Å². The van der Waals surface area contributed by atoms with Gasteiger partial charge in [0.15, 0.2) is 0 Å². The molecule has 1 amide bonds. The van der Waals surface area contributed by atoms with Crippen LogP contribution in [0.5, 0.6) is 0 Å². The summed E-state index contributed by atoms with van der Waals surface area (Å²) in [7, 11) is 0. The molecule has 0 aromatic rings. The number of rotatable bonds is 0. The third-order valence-corrected chi connectivity index (χ3v) is 3.15. The van der Waals surface area contributed by atoms with Crippen molar-refractivity contribution in [1.82, 2.24) is 4.90 Å². The molecule has 2 rings (SSSR count). The molecule has 2 aliphatic heterocycles. The van der Waals surface area contributed by atoms with Crippen molar-refractivity contribution in [2.24, 2.45) is 5.73 Å². The molecule has 0 aromatic heterocycles. The lowest BCUT2D eigenvalue weighted by atomic mass is 9.97. The normalized spacial score (nSPS) is 33.5. The molecule has 0 saturated carbocycles. The lowest BCUT2D eigenvalue weighted by Gasteiger charge is -2.36. The smallest absolute Gasteiger partial charge is 0.239 e. The lowest BCUT2D eigenvalue weighted by molar-refractivity contribution is -0.135. The molecule has 78 valence electrons. The van der Waals surface area contributed by atoms with Gasteiger partial charge >= 0.3 is 0 Å². The van der Waals surface area contributed by atoms with Gasteiger partial charge in [-0.15, -0.1) is 0 Å². The highest BCUT2D eigenvalue weighted by molar-refractivity contribution is 5.82. The summed E-state index contributed by atoms with van der Waals surface area (Å²) in [5.41, 5.74) is 5.83. The van der Waals surface area contributed by atoms with E-state index in [2.05, 4.69) is 12.2 Å². The fourth-order valence-corrected chi connectivity index (χ4v) is 2.30. The second-order valence-electron chi connectivity index (χ2n) is 4.21. The Morgan fingerprint density at radius 1 is 1.36 bits per heavy atom. The number of nitrogens with two attached hydrogens (primary N) is 1. The van der Waals surface area contributed by atoms with Crippen LogP contribution in [0.4, 0.5) is 0 Å². The Hall–Kier alpha value is -0.830. The molecule has 2 atom stereocenters. The van der Waals surface area contributed by atoms with Crippen LogP contribution in [0.25, 0.3) is 0 Å². The van der Waals surface area contributed by atoms with Gasteiger partial charge in [0.05, 0.1) is 12.1 Å². The molecule has 0 spiro atoms. The highest BCUT2D eigenvalue weighted by Crippen LogP contribution is 2.21. The van der Waals surface area contributed by atoms with E-state index in [1.165, 1.54) is 6.42 Å². The average Bonchev–Trinajstić information content (AvgIpc) is 2.22. The van der Waals surface area contributed by atoms with Crippen LogP contribution < -0.4 is 5.73 Å². The molecule has 2 heterocycles. The van der Waals surface area contributed by atoms with Gasteiger partial charge in [-0.25, -0.2) is 0 Å². The van der Waals surface area contributed by atoms with E-state index in [0.717, 1.165) is 32.2 Å². The zero-order chi connectivity index (χ0) is 9.97. The Kier molecular flexibility index (Phi) is 2.87. The van der Waals surface area contributed by atoms with Crippen LogP contribution in [0.1, 0.15) is 32.1 Å². The van der Waals surface area contributed by atoms with Crippen molar-refractivity contribution in [1.29, 1.82) is 0 Å². The molecular formula is C11H18N2O. The van der Waals surface area contributed by atoms with E-state index in [1.807, 2.05) is 4.90 Å². The fourth-order valence-electron chi connectivity index (χ4n) is 2.30. The zero-order valence-corrected chi connectivity index (χ0v) is 8.48. The first-order valence-electron chi connectivity index (χ1n) is 5.52. The molecule has 0 unspecified atom stereocenters. The number of carbonyl (C=O) groups excluding carboxylic acids is 1. The van der Waals surface area contributed by atoms with E-state index in [-0.39, 0.29) is 11.9 Å². The summed E-state index contributed by atoms with van der Waals surface area (Å²) in [5, 5.41) is 0. The quantitative estimate of drug-likeness (QED) is 0.586. The van der Waals surface area contributed by atoms with Crippen LogP contribution in [0, 0.1) is 0 Å². The van der Waals surface area contributed by atoms with Crippen molar-refractivity contribution >= 4 is 5.91 Å². The molecule has 1 saturated heterocycles. The minimum Gasteiger partial charge on any atom is -0.335 e. The van der Waals surface area contributed by atoms with Crippen molar-refractivity contribution in [3.05, 3.63) is 12.2 Å². The monoisotopic (exact) mass is 194 g/mol. The SMILES string of the molecule is N[C@H]1CCC=C[C@H]2CCCCN2C1=O. The third kappa shape index (κ3) is 1.82. The predicted octanol–water partition coefficient (Wildman–Crippen LogP) is 1.04. The molecule has 1 fully saturated rings. The molecule has 14 heavy (non-hydrogen) atoms. The van der Waals surface area contributed by atoms with Crippen LogP contribution in [-0.2, 0) is 4.79 Å². The number of piperidine rings is 1. The Labute approximate surface area is 84.9 Å². The number of nitrogens with zero attached hydrogens (tertiary/aromatic N) is 1. The van der Waals surface area contributed by atoms with E-state index in [4.69, 9.17) is 5.73 Å². The van der Waals surface area contributed by atoms with E-state index >= 15 is 0 Å². The molecule has 0 bridgehead atoms. The number of amides is 1. The summed E-state index contributed by atoms with van der Waals surface area (Å²) in [4.78, 5) is 13.9. The van der Waals surface area contributed by atoms with E-state index in [0.29, 0.717) is 6.04 Å². The Morgan fingerprint density at radius 2 is 2.21 bits per heavy atom. The Balaban J connectivity index is 2.16. The largest absolute Gasteiger partial charge is 0.335 e. The first-order valence-corrected chi connectivity index (χ1v) is 5.52. The summed E-state index contributed by atoms with van der Waals surface area (Å²) in [6.07, 6.45) is 9.56. The molecule has 3 nitrogen and oxygen atoms in total. The summed E-state index contributed by atoms with van der Waals surface area (Å²) >= 11 is 0. The van der Waals surface area contributed by atoms with Crippen molar-refractivity contribution in [2.75, 3.05) is 6.54 Å². The first-order chi connectivity index (χ1) is 6.79. The number of hydrogen-bond acceptors (Lipinski definition) is 2. The van der Waals surface area contributed by atoms with Crippen LogP contribution in [0.2, 0.25) is 0 Å². The summed E-state index contributed by atoms with van der Waals surface area (Å²) < 4.78 is 0. The number of allylic oxidation sites excluding steroid dienone is 1. The molecule has 0 radical (unpaired) electrons. The number of fused-ring (bicyclic) bond motifs is 1. The van der Waals surface area contributed by atoms with E-state index < -0.39 is 0 Å². The van der Waals surface area contributed by atoms with Gasteiger partial charge in [0.1, 0.15) is 0 Å². The second kappa shape index (κ2) is 4.13. The summed E-state index contributed by atoms with van der Waals surface area (Å²) in [6, 6.07) is 0.0446. The topological polar surface area (TPSA) is 46.3 Å². The molecule has 0 aliphatic carbocycles. The van der Waals surface area contributed by atoms with Crippen molar-refractivity contribution in [3.63, 3.8) is 0 Å². The maximum absolute atomic E-state index is 11.9. The van der Waals surface area contributed by atoms with Gasteiger partial charge in [-0.2, -0.15) is 0 Å². The number of hydrogen-bond donors (Lipinski definition) is 1. The highest BCUT2D eigenvalue weighted by Gasteiger charge is 2.29.